The van der Waals surface area contributed by atoms with E-state index in [1.165, 1.54) is 0 Å². The van der Waals surface area contributed by atoms with Crippen molar-refractivity contribution >= 4 is 17.9 Å². The van der Waals surface area contributed by atoms with Crippen molar-refractivity contribution in [3.63, 3.8) is 0 Å². The fourth-order valence-electron chi connectivity index (χ4n) is 1.79. The van der Waals surface area contributed by atoms with Crippen molar-refractivity contribution in [2.75, 3.05) is 5.32 Å². The molecule has 0 aliphatic rings. The molecule has 1 heterocycles. The van der Waals surface area contributed by atoms with Gasteiger partial charge in [0.1, 0.15) is 11.6 Å². The Hall–Kier alpha value is -2.05. The SMILES string of the molecule is Cc1cc(NC(=O)N[C@H](CC(C)C)C(=O)OC(C)(C)C)on1. The van der Waals surface area contributed by atoms with Gasteiger partial charge < -0.3 is 14.6 Å². The van der Waals surface area contributed by atoms with Crippen LogP contribution in [0.1, 0.15) is 46.7 Å². The van der Waals surface area contributed by atoms with Gasteiger partial charge in [0.15, 0.2) is 0 Å². The van der Waals surface area contributed by atoms with E-state index in [1.807, 2.05) is 13.8 Å². The summed E-state index contributed by atoms with van der Waals surface area (Å²) in [6.07, 6.45) is 0.484. The summed E-state index contributed by atoms with van der Waals surface area (Å²) in [5.74, 6) is -0.00192. The number of amides is 2. The highest BCUT2D eigenvalue weighted by Crippen LogP contribution is 2.13. The monoisotopic (exact) mass is 311 g/mol. The van der Waals surface area contributed by atoms with Gasteiger partial charge in [0.05, 0.1) is 5.69 Å². The molecule has 1 atom stereocenters. The van der Waals surface area contributed by atoms with Crippen LogP contribution in [0.5, 0.6) is 0 Å². The summed E-state index contributed by atoms with van der Waals surface area (Å²) in [7, 11) is 0. The Morgan fingerprint density at radius 2 is 2.00 bits per heavy atom. The van der Waals surface area contributed by atoms with Crippen molar-refractivity contribution in [2.45, 2.75) is 59.6 Å². The van der Waals surface area contributed by atoms with E-state index in [0.29, 0.717) is 12.1 Å². The largest absolute Gasteiger partial charge is 0.458 e. The van der Waals surface area contributed by atoms with Crippen molar-refractivity contribution in [3.05, 3.63) is 11.8 Å². The topological polar surface area (TPSA) is 93.5 Å². The Kier molecular flexibility index (Phi) is 5.96. The predicted molar refractivity (Wildman–Crippen MR) is 82.5 cm³/mol. The minimum atomic E-state index is -0.719. The van der Waals surface area contributed by atoms with E-state index in [-0.39, 0.29) is 11.8 Å². The van der Waals surface area contributed by atoms with Gasteiger partial charge in [-0.3, -0.25) is 5.32 Å². The van der Waals surface area contributed by atoms with E-state index in [9.17, 15) is 9.59 Å². The summed E-state index contributed by atoms with van der Waals surface area (Å²) in [5.41, 5.74) is 0.0492. The molecule has 1 aromatic heterocycles. The summed E-state index contributed by atoms with van der Waals surface area (Å²) in [4.78, 5) is 24.2. The number of aryl methyl sites for hydroxylation is 1. The molecule has 0 unspecified atom stereocenters. The van der Waals surface area contributed by atoms with Gasteiger partial charge in [-0.25, -0.2) is 9.59 Å². The van der Waals surface area contributed by atoms with Crippen molar-refractivity contribution in [2.24, 2.45) is 5.92 Å². The zero-order valence-corrected chi connectivity index (χ0v) is 14.0. The molecule has 0 spiro atoms. The summed E-state index contributed by atoms with van der Waals surface area (Å²) in [5, 5.41) is 8.78. The number of nitrogens with one attached hydrogen (secondary N) is 2. The molecule has 0 radical (unpaired) electrons. The standard InChI is InChI=1S/C15H25N3O4/c1-9(2)7-11(13(19)21-15(4,5)6)16-14(20)17-12-8-10(3)18-22-12/h8-9,11H,7H2,1-6H3,(H2,16,17,20)/t11-/m1/s1. The van der Waals surface area contributed by atoms with Gasteiger partial charge in [0.2, 0.25) is 5.88 Å². The lowest BCUT2D eigenvalue weighted by Gasteiger charge is -2.25. The fourth-order valence-corrected chi connectivity index (χ4v) is 1.79. The zero-order valence-electron chi connectivity index (χ0n) is 14.0. The van der Waals surface area contributed by atoms with Crippen molar-refractivity contribution < 1.29 is 18.8 Å². The van der Waals surface area contributed by atoms with E-state index in [2.05, 4.69) is 15.8 Å². The number of esters is 1. The number of hydrogen-bond donors (Lipinski definition) is 2. The molecule has 0 saturated carbocycles. The Bertz CT molecular complexity index is 517. The smallest absolute Gasteiger partial charge is 0.329 e. The van der Waals surface area contributed by atoms with E-state index >= 15 is 0 Å². The van der Waals surface area contributed by atoms with E-state index < -0.39 is 23.6 Å². The number of anilines is 1. The number of carbonyl (C=O) groups is 2. The Morgan fingerprint density at radius 1 is 1.36 bits per heavy atom. The third-order valence-corrected chi connectivity index (χ3v) is 2.57. The van der Waals surface area contributed by atoms with Gasteiger partial charge in [0.25, 0.3) is 0 Å². The van der Waals surface area contributed by atoms with Gasteiger partial charge >= 0.3 is 12.0 Å². The van der Waals surface area contributed by atoms with Crippen LogP contribution in [0.15, 0.2) is 10.6 Å². The molecule has 0 fully saturated rings. The molecule has 0 aliphatic carbocycles. The first-order valence-corrected chi connectivity index (χ1v) is 7.30. The number of urea groups is 1. The molecule has 2 N–H and O–H groups in total. The number of hydrogen-bond acceptors (Lipinski definition) is 5. The molecule has 0 aromatic carbocycles. The molecule has 2 amide bonds. The third kappa shape index (κ3) is 6.60. The average molecular weight is 311 g/mol. The minimum Gasteiger partial charge on any atom is -0.458 e. The van der Waals surface area contributed by atoms with Crippen LogP contribution < -0.4 is 10.6 Å². The average Bonchev–Trinajstić information content (AvgIpc) is 2.70. The van der Waals surface area contributed by atoms with E-state index in [0.717, 1.165) is 0 Å². The lowest BCUT2D eigenvalue weighted by Crippen LogP contribution is -2.46. The summed E-state index contributed by atoms with van der Waals surface area (Å²) >= 11 is 0. The summed E-state index contributed by atoms with van der Waals surface area (Å²) in [6, 6.07) is 0.334. The normalized spacial score (nSPS) is 12.9. The van der Waals surface area contributed by atoms with Crippen molar-refractivity contribution in [3.8, 4) is 0 Å². The maximum atomic E-state index is 12.2. The molecule has 7 nitrogen and oxygen atoms in total. The van der Waals surface area contributed by atoms with Crippen LogP contribution in [0.2, 0.25) is 0 Å². The number of aromatic nitrogens is 1. The molecule has 0 bridgehead atoms. The van der Waals surface area contributed by atoms with E-state index in [4.69, 9.17) is 9.26 Å². The molecule has 0 saturated heterocycles. The lowest BCUT2D eigenvalue weighted by atomic mass is 10.0. The van der Waals surface area contributed by atoms with Crippen LogP contribution in [0.3, 0.4) is 0 Å². The first-order valence-electron chi connectivity index (χ1n) is 7.30. The molecule has 22 heavy (non-hydrogen) atoms. The van der Waals surface area contributed by atoms with Crippen molar-refractivity contribution in [1.29, 1.82) is 0 Å². The number of ether oxygens (including phenoxy) is 1. The third-order valence-electron chi connectivity index (χ3n) is 2.57. The molecular formula is C15H25N3O4. The van der Waals surface area contributed by atoms with Crippen LogP contribution in [0.25, 0.3) is 0 Å². The second kappa shape index (κ2) is 7.29. The molecule has 124 valence electrons. The van der Waals surface area contributed by atoms with E-state index in [1.54, 1.807) is 33.8 Å². The van der Waals surface area contributed by atoms with Crippen LogP contribution >= 0.6 is 0 Å². The first-order chi connectivity index (χ1) is 10.1. The summed E-state index contributed by atoms with van der Waals surface area (Å²) < 4.78 is 10.2. The Balaban J connectivity index is 2.67. The van der Waals surface area contributed by atoms with Crippen LogP contribution in [0.4, 0.5) is 10.7 Å². The maximum Gasteiger partial charge on any atom is 0.329 e. The van der Waals surface area contributed by atoms with Gasteiger partial charge in [-0.1, -0.05) is 19.0 Å². The number of rotatable bonds is 5. The number of carbonyl (C=O) groups excluding carboxylic acids is 2. The predicted octanol–water partition coefficient (Wildman–Crippen LogP) is 2.86. The minimum absolute atomic E-state index is 0.225. The zero-order chi connectivity index (χ0) is 16.9. The second-order valence-electron chi connectivity index (χ2n) is 6.65. The lowest BCUT2D eigenvalue weighted by molar-refractivity contribution is -0.157. The first kappa shape index (κ1) is 18.0. The number of nitrogens with zero attached hydrogens (tertiary/aromatic N) is 1. The van der Waals surface area contributed by atoms with Gasteiger partial charge in [0, 0.05) is 6.07 Å². The highest BCUT2D eigenvalue weighted by atomic mass is 16.6. The van der Waals surface area contributed by atoms with Crippen LogP contribution in [0, 0.1) is 12.8 Å². The second-order valence-corrected chi connectivity index (χ2v) is 6.65. The highest BCUT2D eigenvalue weighted by Gasteiger charge is 2.27. The Morgan fingerprint density at radius 3 is 2.45 bits per heavy atom. The maximum absolute atomic E-state index is 12.2. The molecular weight excluding hydrogens is 286 g/mol. The molecule has 7 heteroatoms. The summed E-state index contributed by atoms with van der Waals surface area (Å²) in [6.45, 7) is 11.0. The van der Waals surface area contributed by atoms with Crippen LogP contribution in [-0.2, 0) is 9.53 Å². The highest BCUT2D eigenvalue weighted by molar-refractivity contribution is 5.91. The van der Waals surface area contributed by atoms with Gasteiger partial charge in [-0.2, -0.15) is 0 Å². The van der Waals surface area contributed by atoms with Crippen LogP contribution in [-0.4, -0.2) is 28.8 Å². The molecule has 1 aromatic rings. The molecule has 1 rings (SSSR count). The quantitative estimate of drug-likeness (QED) is 0.816. The molecule has 0 aliphatic heterocycles. The van der Waals surface area contributed by atoms with Gasteiger partial charge in [-0.05, 0) is 40.0 Å². The fraction of sp³-hybridized carbons (Fsp3) is 0.667. The Labute approximate surface area is 130 Å². The van der Waals surface area contributed by atoms with Crippen molar-refractivity contribution in [1.82, 2.24) is 10.5 Å². The van der Waals surface area contributed by atoms with Gasteiger partial charge in [-0.15, -0.1) is 0 Å².